The molecular formula is C5H12Cl2O4. The standard InChI is InChI=1S/C3H8O3.C2H4Cl2O/c4-1-3(6)2-5;1-2(3,4)5/h3-6H,1-2H2;5H,1H3. The first kappa shape index (κ1) is 14.0. The van der Waals surface area contributed by atoms with Gasteiger partial charge in [-0.1, -0.05) is 23.2 Å². The van der Waals surface area contributed by atoms with Crippen molar-refractivity contribution in [1.82, 2.24) is 0 Å². The van der Waals surface area contributed by atoms with Crippen LogP contribution in [0, 0.1) is 0 Å². The van der Waals surface area contributed by atoms with Gasteiger partial charge in [-0.25, -0.2) is 0 Å². The highest BCUT2D eigenvalue weighted by molar-refractivity contribution is 6.46. The lowest BCUT2D eigenvalue weighted by Gasteiger charge is -1.97. The number of aliphatic hydroxyl groups excluding tert-OH is 3. The quantitative estimate of drug-likeness (QED) is 0.458. The number of halogens is 2. The minimum absolute atomic E-state index is 0.365. The highest BCUT2D eigenvalue weighted by atomic mass is 35.5. The van der Waals surface area contributed by atoms with Crippen LogP contribution in [0.4, 0.5) is 0 Å². The predicted molar refractivity (Wildman–Crippen MR) is 42.5 cm³/mol. The van der Waals surface area contributed by atoms with E-state index in [0.29, 0.717) is 0 Å². The molecule has 0 aromatic carbocycles. The molecule has 0 unspecified atom stereocenters. The molecule has 70 valence electrons. The van der Waals surface area contributed by atoms with E-state index in [1.54, 1.807) is 0 Å². The summed E-state index contributed by atoms with van der Waals surface area (Å²) in [5.41, 5.74) is 0. The van der Waals surface area contributed by atoms with Gasteiger partial charge >= 0.3 is 0 Å². The molecule has 0 spiro atoms. The summed E-state index contributed by atoms with van der Waals surface area (Å²) in [5, 5.41) is 32.1. The normalized spacial score (nSPS) is 10.9. The van der Waals surface area contributed by atoms with Crippen LogP contribution in [0.5, 0.6) is 0 Å². The number of aliphatic hydroxyl groups is 4. The zero-order valence-corrected chi connectivity index (χ0v) is 7.55. The van der Waals surface area contributed by atoms with Gasteiger partial charge in [0.05, 0.1) is 13.2 Å². The largest absolute Gasteiger partial charge is 0.394 e. The molecule has 0 bridgehead atoms. The lowest BCUT2D eigenvalue weighted by Crippen LogP contribution is -2.15. The van der Waals surface area contributed by atoms with E-state index in [1.165, 1.54) is 6.92 Å². The molecule has 0 rings (SSSR count). The molecule has 0 saturated carbocycles. The Morgan fingerprint density at radius 3 is 1.45 bits per heavy atom. The van der Waals surface area contributed by atoms with Gasteiger partial charge in [0.1, 0.15) is 6.10 Å². The van der Waals surface area contributed by atoms with Crippen molar-refractivity contribution in [3.05, 3.63) is 0 Å². The summed E-state index contributed by atoms with van der Waals surface area (Å²) in [6.07, 6.45) is -0.954. The van der Waals surface area contributed by atoms with Crippen LogP contribution in [-0.4, -0.2) is 44.3 Å². The third-order valence-electron chi connectivity index (χ3n) is 0.421. The van der Waals surface area contributed by atoms with Crippen LogP contribution < -0.4 is 0 Å². The van der Waals surface area contributed by atoms with Gasteiger partial charge in [-0.05, 0) is 6.92 Å². The SMILES string of the molecule is CC(O)(Cl)Cl.OCC(O)CO. The summed E-state index contributed by atoms with van der Waals surface area (Å²) >= 11 is 9.70. The van der Waals surface area contributed by atoms with Gasteiger partial charge in [-0.3, -0.25) is 0 Å². The fraction of sp³-hybridized carbons (Fsp3) is 1.00. The second-order valence-electron chi connectivity index (χ2n) is 1.86. The Labute approximate surface area is 75.0 Å². The van der Waals surface area contributed by atoms with Crippen molar-refractivity contribution in [2.45, 2.75) is 17.5 Å². The molecule has 4 nitrogen and oxygen atoms in total. The van der Waals surface area contributed by atoms with E-state index in [-0.39, 0.29) is 13.2 Å². The Balaban J connectivity index is 0. The van der Waals surface area contributed by atoms with Crippen molar-refractivity contribution >= 4 is 23.2 Å². The van der Waals surface area contributed by atoms with E-state index in [0.717, 1.165) is 0 Å². The fourth-order valence-electron chi connectivity index (χ4n) is 0.0577. The molecule has 0 saturated heterocycles. The lowest BCUT2D eigenvalue weighted by molar-refractivity contribution is 0.0450. The minimum atomic E-state index is -1.56. The van der Waals surface area contributed by atoms with Crippen LogP contribution in [0.2, 0.25) is 0 Å². The first-order valence-corrected chi connectivity index (χ1v) is 3.56. The summed E-state index contributed by atoms with van der Waals surface area (Å²) in [7, 11) is 0. The molecule has 11 heavy (non-hydrogen) atoms. The minimum Gasteiger partial charge on any atom is -0.394 e. The van der Waals surface area contributed by atoms with Crippen molar-refractivity contribution in [2.24, 2.45) is 0 Å². The van der Waals surface area contributed by atoms with Gasteiger partial charge < -0.3 is 20.4 Å². The highest BCUT2D eigenvalue weighted by Gasteiger charge is 2.05. The smallest absolute Gasteiger partial charge is 0.212 e. The predicted octanol–water partition coefficient (Wildman–Crippen LogP) is -0.538. The van der Waals surface area contributed by atoms with Crippen molar-refractivity contribution < 1.29 is 20.4 Å². The molecule has 0 heterocycles. The van der Waals surface area contributed by atoms with E-state index >= 15 is 0 Å². The van der Waals surface area contributed by atoms with Gasteiger partial charge in [0.25, 0.3) is 0 Å². The summed E-state index contributed by atoms with van der Waals surface area (Å²) in [6, 6.07) is 0. The zero-order valence-electron chi connectivity index (χ0n) is 6.04. The Morgan fingerprint density at radius 1 is 1.27 bits per heavy atom. The zero-order chi connectivity index (χ0) is 9.49. The van der Waals surface area contributed by atoms with Crippen LogP contribution in [0.15, 0.2) is 0 Å². The Kier molecular flexibility index (Phi) is 9.01. The molecule has 0 aliphatic rings. The van der Waals surface area contributed by atoms with Crippen LogP contribution in [-0.2, 0) is 0 Å². The molecule has 0 amide bonds. The van der Waals surface area contributed by atoms with Crippen LogP contribution in [0.1, 0.15) is 6.92 Å². The van der Waals surface area contributed by atoms with Crippen molar-refractivity contribution in [1.29, 1.82) is 0 Å². The van der Waals surface area contributed by atoms with E-state index in [2.05, 4.69) is 0 Å². The topological polar surface area (TPSA) is 80.9 Å². The molecule has 0 aromatic heterocycles. The second-order valence-corrected chi connectivity index (χ2v) is 3.53. The summed E-state index contributed by atoms with van der Waals surface area (Å²) < 4.78 is -1.56. The Morgan fingerprint density at radius 2 is 1.45 bits per heavy atom. The Hall–Kier alpha value is 0.420. The number of rotatable bonds is 2. The van der Waals surface area contributed by atoms with Gasteiger partial charge in [0.2, 0.25) is 4.52 Å². The molecule has 0 atom stereocenters. The third kappa shape index (κ3) is 37.8. The number of hydrogen-bond acceptors (Lipinski definition) is 4. The van der Waals surface area contributed by atoms with Gasteiger partial charge in [-0.2, -0.15) is 0 Å². The second kappa shape index (κ2) is 7.09. The fourth-order valence-corrected chi connectivity index (χ4v) is 0.0577. The maximum atomic E-state index is 8.17. The highest BCUT2D eigenvalue weighted by Crippen LogP contribution is 2.12. The van der Waals surface area contributed by atoms with Gasteiger partial charge in [-0.15, -0.1) is 0 Å². The van der Waals surface area contributed by atoms with Crippen LogP contribution >= 0.6 is 23.2 Å². The molecule has 6 heteroatoms. The molecule has 0 aromatic rings. The summed E-state index contributed by atoms with van der Waals surface area (Å²) in [4.78, 5) is 0. The maximum Gasteiger partial charge on any atom is 0.212 e. The van der Waals surface area contributed by atoms with E-state index in [9.17, 15) is 0 Å². The average Bonchev–Trinajstić information content (AvgIpc) is 1.83. The van der Waals surface area contributed by atoms with Crippen LogP contribution in [0.25, 0.3) is 0 Å². The number of alkyl halides is 2. The third-order valence-corrected chi connectivity index (χ3v) is 0.421. The Bertz CT molecular complexity index is 73.0. The molecule has 0 fully saturated rings. The lowest BCUT2D eigenvalue weighted by atomic mass is 10.4. The molecule has 0 aliphatic heterocycles. The van der Waals surface area contributed by atoms with Gasteiger partial charge in [0.15, 0.2) is 0 Å². The number of hydrogen-bond donors (Lipinski definition) is 4. The first-order chi connectivity index (χ1) is 4.81. The molecule has 0 radical (unpaired) electrons. The summed E-state index contributed by atoms with van der Waals surface area (Å²) in [5.74, 6) is 0. The summed E-state index contributed by atoms with van der Waals surface area (Å²) in [6.45, 7) is 0.545. The van der Waals surface area contributed by atoms with Crippen molar-refractivity contribution in [2.75, 3.05) is 13.2 Å². The van der Waals surface area contributed by atoms with Crippen molar-refractivity contribution in [3.63, 3.8) is 0 Å². The van der Waals surface area contributed by atoms with E-state index in [1.807, 2.05) is 0 Å². The van der Waals surface area contributed by atoms with E-state index in [4.69, 9.17) is 43.6 Å². The molecular weight excluding hydrogens is 195 g/mol. The monoisotopic (exact) mass is 206 g/mol. The molecule has 4 N–H and O–H groups in total. The van der Waals surface area contributed by atoms with Crippen LogP contribution in [0.3, 0.4) is 0 Å². The molecule has 0 aliphatic carbocycles. The average molecular weight is 207 g/mol. The maximum absolute atomic E-state index is 8.17. The van der Waals surface area contributed by atoms with Crippen molar-refractivity contribution in [3.8, 4) is 0 Å². The van der Waals surface area contributed by atoms with Gasteiger partial charge in [0, 0.05) is 0 Å². The first-order valence-electron chi connectivity index (χ1n) is 2.81. The van der Waals surface area contributed by atoms with E-state index < -0.39 is 10.6 Å².